The lowest BCUT2D eigenvalue weighted by Crippen LogP contribution is -2.44. The van der Waals surface area contributed by atoms with Crippen molar-refractivity contribution in [1.29, 1.82) is 0 Å². The Balaban J connectivity index is 1.13. The van der Waals surface area contributed by atoms with Crippen molar-refractivity contribution in [2.45, 2.75) is 31.7 Å². The second-order valence-corrected chi connectivity index (χ2v) is 11.0. The van der Waals surface area contributed by atoms with Crippen LogP contribution in [0.5, 0.6) is 5.75 Å². The number of hydrogen-bond donors (Lipinski definition) is 1. The predicted molar refractivity (Wildman–Crippen MR) is 147 cm³/mol. The maximum atomic E-state index is 13.5. The van der Waals surface area contributed by atoms with Crippen LogP contribution in [-0.2, 0) is 0 Å². The van der Waals surface area contributed by atoms with Crippen LogP contribution in [-0.4, -0.2) is 54.5 Å². The third-order valence-corrected chi connectivity index (χ3v) is 8.63. The van der Waals surface area contributed by atoms with Gasteiger partial charge in [-0.1, -0.05) is 23.7 Å². The van der Waals surface area contributed by atoms with Gasteiger partial charge in [-0.15, -0.1) is 0 Å². The number of hydrogen-bond acceptors (Lipinski definition) is 5. The zero-order valence-electron chi connectivity index (χ0n) is 21.2. The molecule has 2 amide bonds. The Kier molecular flexibility index (Phi) is 6.70. The lowest BCUT2D eigenvalue weighted by atomic mass is 9.77. The Morgan fingerprint density at radius 3 is 2.55 bits per heavy atom. The molecule has 0 bridgehead atoms. The molecule has 2 saturated heterocycles. The number of piperidine rings is 1. The van der Waals surface area contributed by atoms with Crippen molar-refractivity contribution >= 4 is 29.1 Å². The van der Waals surface area contributed by atoms with E-state index in [1.807, 2.05) is 35.5 Å². The van der Waals surface area contributed by atoms with Crippen LogP contribution in [0.25, 0.3) is 0 Å². The highest BCUT2D eigenvalue weighted by atomic mass is 35.5. The number of pyridine rings is 1. The minimum Gasteiger partial charge on any atom is -0.493 e. The average molecular weight is 531 g/mol. The standard InChI is InChI=1S/C30H31ClN4O3/c31-25-4-2-1-3-23(25)28(36)33-26-9-18-38-27-6-5-21(19-24(26)27)29(37)34-15-10-30(11-16-34)12-17-35(20-30)22-7-13-32-14-8-22/h1-8,13-14,19,26H,9-12,15-18,20H2,(H,33,36)/t26-/m1/s1. The molecule has 3 aromatic rings. The Morgan fingerprint density at radius 1 is 1.00 bits per heavy atom. The van der Waals surface area contributed by atoms with Gasteiger partial charge in [0.1, 0.15) is 5.75 Å². The molecule has 38 heavy (non-hydrogen) atoms. The summed E-state index contributed by atoms with van der Waals surface area (Å²) in [4.78, 5) is 35.0. The highest BCUT2D eigenvalue weighted by Gasteiger charge is 2.41. The van der Waals surface area contributed by atoms with Crippen molar-refractivity contribution in [2.24, 2.45) is 5.41 Å². The van der Waals surface area contributed by atoms with Crippen LogP contribution in [0.15, 0.2) is 67.0 Å². The maximum Gasteiger partial charge on any atom is 0.253 e. The number of halogens is 1. The molecule has 3 aliphatic heterocycles. The maximum absolute atomic E-state index is 13.5. The lowest BCUT2D eigenvalue weighted by molar-refractivity contribution is 0.0610. The Bertz CT molecular complexity index is 1340. The van der Waals surface area contributed by atoms with Crippen LogP contribution < -0.4 is 15.0 Å². The van der Waals surface area contributed by atoms with E-state index in [4.69, 9.17) is 16.3 Å². The summed E-state index contributed by atoms with van der Waals surface area (Å²) in [6.07, 6.45) is 7.48. The molecular weight excluding hydrogens is 500 g/mol. The van der Waals surface area contributed by atoms with Gasteiger partial charge in [0, 0.05) is 61.8 Å². The fourth-order valence-corrected chi connectivity index (χ4v) is 6.27. The molecule has 0 saturated carbocycles. The number of rotatable bonds is 4. The van der Waals surface area contributed by atoms with E-state index in [2.05, 4.69) is 27.3 Å². The summed E-state index contributed by atoms with van der Waals surface area (Å²) in [5.41, 5.74) is 3.39. The number of ether oxygens (including phenoxy) is 1. The van der Waals surface area contributed by atoms with Crippen LogP contribution >= 0.6 is 11.6 Å². The van der Waals surface area contributed by atoms with E-state index in [1.165, 1.54) is 5.69 Å². The molecule has 1 spiro atoms. The van der Waals surface area contributed by atoms with E-state index in [1.54, 1.807) is 24.3 Å². The molecule has 3 aliphatic rings. The Morgan fingerprint density at radius 2 is 1.76 bits per heavy atom. The molecule has 1 aromatic heterocycles. The molecule has 0 unspecified atom stereocenters. The number of amides is 2. The molecule has 1 N–H and O–H groups in total. The van der Waals surface area contributed by atoms with Crippen molar-refractivity contribution in [2.75, 3.05) is 37.7 Å². The minimum absolute atomic E-state index is 0.0355. The Labute approximate surface area is 227 Å². The number of nitrogens with one attached hydrogen (secondary N) is 1. The smallest absolute Gasteiger partial charge is 0.253 e. The van der Waals surface area contributed by atoms with Gasteiger partial charge in [-0.05, 0) is 67.1 Å². The zero-order chi connectivity index (χ0) is 26.1. The molecule has 2 aromatic carbocycles. The van der Waals surface area contributed by atoms with Crippen molar-refractivity contribution in [1.82, 2.24) is 15.2 Å². The molecule has 196 valence electrons. The summed E-state index contributed by atoms with van der Waals surface area (Å²) in [6.45, 7) is 4.08. The van der Waals surface area contributed by atoms with Gasteiger partial charge in [-0.3, -0.25) is 14.6 Å². The molecule has 2 fully saturated rings. The monoisotopic (exact) mass is 530 g/mol. The van der Waals surface area contributed by atoms with Crippen LogP contribution in [0.4, 0.5) is 5.69 Å². The van der Waals surface area contributed by atoms with Gasteiger partial charge in [0.2, 0.25) is 0 Å². The van der Waals surface area contributed by atoms with Crippen molar-refractivity contribution < 1.29 is 14.3 Å². The van der Waals surface area contributed by atoms with E-state index in [9.17, 15) is 9.59 Å². The number of carbonyl (C=O) groups excluding carboxylic acids is 2. The van der Waals surface area contributed by atoms with Gasteiger partial charge in [-0.25, -0.2) is 0 Å². The summed E-state index contributed by atoms with van der Waals surface area (Å²) in [5.74, 6) is 0.509. The largest absolute Gasteiger partial charge is 0.493 e. The van der Waals surface area contributed by atoms with Gasteiger partial charge < -0.3 is 19.9 Å². The average Bonchev–Trinajstić information content (AvgIpc) is 3.37. The summed E-state index contributed by atoms with van der Waals surface area (Å²) in [7, 11) is 0. The number of likely N-dealkylation sites (tertiary alicyclic amines) is 1. The highest BCUT2D eigenvalue weighted by molar-refractivity contribution is 6.33. The van der Waals surface area contributed by atoms with Crippen LogP contribution in [0, 0.1) is 5.41 Å². The van der Waals surface area contributed by atoms with Gasteiger partial charge in [-0.2, -0.15) is 0 Å². The SMILES string of the molecule is O=C(N[C@@H]1CCOc2ccc(C(=O)N3CCC4(CC3)CCN(c3ccncc3)C4)cc21)c1ccccc1Cl. The van der Waals surface area contributed by atoms with E-state index in [0.29, 0.717) is 34.9 Å². The molecule has 0 radical (unpaired) electrons. The third-order valence-electron chi connectivity index (χ3n) is 8.30. The first kappa shape index (κ1) is 24.7. The first-order valence-corrected chi connectivity index (χ1v) is 13.7. The number of carbonyl (C=O) groups is 2. The molecule has 7 nitrogen and oxygen atoms in total. The van der Waals surface area contributed by atoms with Gasteiger partial charge in [0.25, 0.3) is 11.8 Å². The van der Waals surface area contributed by atoms with Crippen molar-refractivity contribution in [3.8, 4) is 5.75 Å². The van der Waals surface area contributed by atoms with Crippen LogP contribution in [0.1, 0.15) is 58.0 Å². The van der Waals surface area contributed by atoms with Gasteiger partial charge in [0.05, 0.1) is 23.2 Å². The van der Waals surface area contributed by atoms with Crippen LogP contribution in [0.2, 0.25) is 5.02 Å². The van der Waals surface area contributed by atoms with E-state index < -0.39 is 0 Å². The van der Waals surface area contributed by atoms with E-state index in [0.717, 1.165) is 51.0 Å². The summed E-state index contributed by atoms with van der Waals surface area (Å²) in [5, 5.41) is 3.50. The topological polar surface area (TPSA) is 74.8 Å². The summed E-state index contributed by atoms with van der Waals surface area (Å²) >= 11 is 6.23. The summed E-state index contributed by atoms with van der Waals surface area (Å²) in [6, 6.07) is 16.5. The molecule has 8 heteroatoms. The second kappa shape index (κ2) is 10.3. The molecule has 6 rings (SSSR count). The first-order chi connectivity index (χ1) is 18.5. The Hall–Kier alpha value is -3.58. The fourth-order valence-electron chi connectivity index (χ4n) is 6.04. The highest BCUT2D eigenvalue weighted by Crippen LogP contribution is 2.42. The minimum atomic E-state index is -0.252. The van der Waals surface area contributed by atoms with E-state index in [-0.39, 0.29) is 23.3 Å². The number of aromatic nitrogens is 1. The molecule has 0 aliphatic carbocycles. The fraction of sp³-hybridized carbons (Fsp3) is 0.367. The molecule has 1 atom stereocenters. The van der Waals surface area contributed by atoms with Gasteiger partial charge in [0.15, 0.2) is 0 Å². The number of benzene rings is 2. The first-order valence-electron chi connectivity index (χ1n) is 13.3. The quantitative estimate of drug-likeness (QED) is 0.506. The normalized spacial score (nSPS) is 20.1. The lowest BCUT2D eigenvalue weighted by Gasteiger charge is -2.39. The predicted octanol–water partition coefficient (Wildman–Crippen LogP) is 5.12. The molecule has 4 heterocycles. The van der Waals surface area contributed by atoms with Crippen molar-refractivity contribution in [3.05, 3.63) is 88.7 Å². The van der Waals surface area contributed by atoms with E-state index >= 15 is 0 Å². The number of fused-ring (bicyclic) bond motifs is 1. The zero-order valence-corrected chi connectivity index (χ0v) is 22.0. The van der Waals surface area contributed by atoms with Crippen LogP contribution in [0.3, 0.4) is 0 Å². The van der Waals surface area contributed by atoms with Gasteiger partial charge >= 0.3 is 0 Å². The number of anilines is 1. The number of nitrogens with zero attached hydrogens (tertiary/aromatic N) is 3. The molecular formula is C30H31ClN4O3. The van der Waals surface area contributed by atoms with Crippen molar-refractivity contribution in [3.63, 3.8) is 0 Å². The summed E-state index contributed by atoms with van der Waals surface area (Å²) < 4.78 is 5.84. The third kappa shape index (κ3) is 4.83. The second-order valence-electron chi connectivity index (χ2n) is 10.6.